The molecule has 0 aromatic heterocycles. The molecule has 1 amide bonds. The number of nitro benzene ring substituents is 1. The summed E-state index contributed by atoms with van der Waals surface area (Å²) in [7, 11) is 0. The van der Waals surface area contributed by atoms with Crippen molar-refractivity contribution in [3.8, 4) is 0 Å². The summed E-state index contributed by atoms with van der Waals surface area (Å²) in [6.07, 6.45) is 0.647. The summed E-state index contributed by atoms with van der Waals surface area (Å²) in [5.74, 6) is -1.02. The second kappa shape index (κ2) is 8.31. The highest BCUT2D eigenvalue weighted by atomic mass is 19.1. The molecule has 116 valence electrons. The summed E-state index contributed by atoms with van der Waals surface area (Å²) in [4.78, 5) is 21.4. The largest absolute Gasteiger partial charge is 0.381 e. The van der Waals surface area contributed by atoms with Gasteiger partial charge in [-0.3, -0.25) is 14.9 Å². The number of hydrogen-bond acceptors (Lipinski definition) is 4. The molecule has 0 saturated heterocycles. The Bertz CT molecular complexity index is 506. The van der Waals surface area contributed by atoms with Gasteiger partial charge in [0.1, 0.15) is 0 Å². The fraction of sp³-hybridized carbons (Fsp3) is 0.500. The van der Waals surface area contributed by atoms with Crippen LogP contribution >= 0.6 is 0 Å². The number of nitro groups is 1. The zero-order valence-electron chi connectivity index (χ0n) is 12.1. The highest BCUT2D eigenvalue weighted by molar-refractivity contribution is 5.94. The van der Waals surface area contributed by atoms with Gasteiger partial charge in [-0.1, -0.05) is 13.8 Å². The van der Waals surface area contributed by atoms with Crippen molar-refractivity contribution in [3.05, 3.63) is 39.7 Å². The number of nitrogens with zero attached hydrogens (tertiary/aromatic N) is 1. The normalized spacial score (nSPS) is 10.7. The van der Waals surface area contributed by atoms with Gasteiger partial charge in [0, 0.05) is 31.4 Å². The van der Waals surface area contributed by atoms with Gasteiger partial charge in [0.25, 0.3) is 5.91 Å². The van der Waals surface area contributed by atoms with Crippen LogP contribution in [0.5, 0.6) is 0 Å². The molecule has 0 unspecified atom stereocenters. The van der Waals surface area contributed by atoms with Gasteiger partial charge in [-0.05, 0) is 24.5 Å². The van der Waals surface area contributed by atoms with Gasteiger partial charge in [-0.2, -0.15) is 4.39 Å². The smallest absolute Gasteiger partial charge is 0.304 e. The Labute approximate surface area is 122 Å². The maximum absolute atomic E-state index is 13.4. The maximum atomic E-state index is 13.4. The van der Waals surface area contributed by atoms with Gasteiger partial charge in [0.15, 0.2) is 0 Å². The summed E-state index contributed by atoms with van der Waals surface area (Å²) < 4.78 is 18.7. The minimum Gasteiger partial charge on any atom is -0.381 e. The van der Waals surface area contributed by atoms with E-state index in [1.807, 2.05) is 13.8 Å². The zero-order valence-corrected chi connectivity index (χ0v) is 12.1. The predicted octanol–water partition coefficient (Wildman–Crippen LogP) is 2.53. The molecule has 0 radical (unpaired) electrons. The maximum Gasteiger partial charge on any atom is 0.304 e. The Hall–Kier alpha value is -2.02. The number of rotatable bonds is 8. The van der Waals surface area contributed by atoms with Gasteiger partial charge >= 0.3 is 5.69 Å². The highest BCUT2D eigenvalue weighted by Gasteiger charge is 2.16. The first-order chi connectivity index (χ1) is 9.91. The lowest BCUT2D eigenvalue weighted by Gasteiger charge is -2.08. The van der Waals surface area contributed by atoms with Crippen molar-refractivity contribution in [2.24, 2.45) is 5.92 Å². The van der Waals surface area contributed by atoms with E-state index in [4.69, 9.17) is 4.74 Å². The van der Waals surface area contributed by atoms with Crippen LogP contribution in [0.25, 0.3) is 0 Å². The van der Waals surface area contributed by atoms with E-state index < -0.39 is 22.3 Å². The molecule has 1 aromatic rings. The van der Waals surface area contributed by atoms with Crippen LogP contribution in [-0.4, -0.2) is 30.6 Å². The summed E-state index contributed by atoms with van der Waals surface area (Å²) in [5, 5.41) is 13.1. The highest BCUT2D eigenvalue weighted by Crippen LogP contribution is 2.17. The second-order valence-electron chi connectivity index (χ2n) is 5.00. The van der Waals surface area contributed by atoms with E-state index >= 15 is 0 Å². The third-order valence-corrected chi connectivity index (χ3v) is 2.61. The molecule has 0 bridgehead atoms. The zero-order chi connectivity index (χ0) is 15.8. The van der Waals surface area contributed by atoms with Crippen LogP contribution in [0.3, 0.4) is 0 Å². The van der Waals surface area contributed by atoms with Crippen molar-refractivity contribution >= 4 is 11.6 Å². The van der Waals surface area contributed by atoms with Gasteiger partial charge in [0.2, 0.25) is 5.82 Å². The summed E-state index contributed by atoms with van der Waals surface area (Å²) in [6.45, 7) is 5.69. The van der Waals surface area contributed by atoms with E-state index in [-0.39, 0.29) is 5.56 Å². The van der Waals surface area contributed by atoms with Crippen LogP contribution in [0.4, 0.5) is 10.1 Å². The van der Waals surface area contributed by atoms with E-state index in [0.29, 0.717) is 32.1 Å². The van der Waals surface area contributed by atoms with E-state index in [2.05, 4.69) is 5.32 Å². The molecule has 7 heteroatoms. The third-order valence-electron chi connectivity index (χ3n) is 2.61. The van der Waals surface area contributed by atoms with E-state index in [1.165, 1.54) is 6.07 Å². The van der Waals surface area contributed by atoms with Crippen LogP contribution in [0.2, 0.25) is 0 Å². The number of benzene rings is 1. The van der Waals surface area contributed by atoms with Gasteiger partial charge in [-0.25, -0.2) is 0 Å². The third kappa shape index (κ3) is 5.86. The molecule has 0 saturated carbocycles. The Morgan fingerprint density at radius 2 is 2.19 bits per heavy atom. The molecule has 0 aliphatic carbocycles. The predicted molar refractivity (Wildman–Crippen MR) is 75.7 cm³/mol. The first kappa shape index (κ1) is 17.0. The molecule has 21 heavy (non-hydrogen) atoms. The minimum absolute atomic E-state index is 0.0567. The molecule has 0 aliphatic heterocycles. The molecule has 1 rings (SSSR count). The lowest BCUT2D eigenvalue weighted by Crippen LogP contribution is -2.25. The minimum atomic E-state index is -1.02. The number of ether oxygens (including phenoxy) is 1. The van der Waals surface area contributed by atoms with E-state index in [9.17, 15) is 19.3 Å². The number of amides is 1. The van der Waals surface area contributed by atoms with Crippen LogP contribution in [0.1, 0.15) is 30.6 Å². The topological polar surface area (TPSA) is 81.5 Å². The van der Waals surface area contributed by atoms with Crippen molar-refractivity contribution < 1.29 is 18.8 Å². The van der Waals surface area contributed by atoms with Gasteiger partial charge in [-0.15, -0.1) is 0 Å². The monoisotopic (exact) mass is 298 g/mol. The number of nitrogens with one attached hydrogen (secondary N) is 1. The number of halogens is 1. The Kier molecular flexibility index (Phi) is 6.74. The Balaban J connectivity index is 2.39. The number of hydrogen-bond donors (Lipinski definition) is 1. The molecule has 0 fully saturated rings. The van der Waals surface area contributed by atoms with Crippen LogP contribution in [-0.2, 0) is 4.74 Å². The average molecular weight is 298 g/mol. The Morgan fingerprint density at radius 1 is 1.48 bits per heavy atom. The lowest BCUT2D eigenvalue weighted by molar-refractivity contribution is -0.387. The molecular weight excluding hydrogens is 279 g/mol. The first-order valence-corrected chi connectivity index (χ1v) is 6.71. The first-order valence-electron chi connectivity index (χ1n) is 6.71. The second-order valence-corrected chi connectivity index (χ2v) is 5.00. The molecule has 0 atom stereocenters. The molecule has 1 N–H and O–H groups in total. The van der Waals surface area contributed by atoms with Crippen molar-refractivity contribution in [1.82, 2.24) is 5.32 Å². The van der Waals surface area contributed by atoms with Crippen LogP contribution < -0.4 is 5.32 Å². The lowest BCUT2D eigenvalue weighted by atomic mass is 10.2. The molecule has 0 heterocycles. The van der Waals surface area contributed by atoms with Crippen LogP contribution in [0.15, 0.2) is 18.2 Å². The van der Waals surface area contributed by atoms with Crippen molar-refractivity contribution in [3.63, 3.8) is 0 Å². The molecule has 1 aromatic carbocycles. The number of carbonyl (C=O) groups is 1. The SMILES string of the molecule is CC(C)COCCCNC(=O)c1ccc([N+](=O)[O-])c(F)c1. The molecular formula is C14H19FN2O4. The van der Waals surface area contributed by atoms with Crippen molar-refractivity contribution in [1.29, 1.82) is 0 Å². The fourth-order valence-electron chi connectivity index (χ4n) is 1.59. The number of carbonyl (C=O) groups excluding carboxylic acids is 1. The summed E-state index contributed by atoms with van der Waals surface area (Å²) in [6, 6.07) is 3.07. The Morgan fingerprint density at radius 3 is 2.76 bits per heavy atom. The average Bonchev–Trinajstić information content (AvgIpc) is 2.41. The summed E-state index contributed by atoms with van der Waals surface area (Å²) in [5.41, 5.74) is -0.588. The fourth-order valence-corrected chi connectivity index (χ4v) is 1.59. The molecule has 0 spiro atoms. The molecule has 6 nitrogen and oxygen atoms in total. The molecule has 0 aliphatic rings. The quantitative estimate of drug-likeness (QED) is 0.454. The van der Waals surface area contributed by atoms with Crippen molar-refractivity contribution in [2.45, 2.75) is 20.3 Å². The summed E-state index contributed by atoms with van der Waals surface area (Å²) >= 11 is 0. The van der Waals surface area contributed by atoms with Crippen LogP contribution in [0, 0.1) is 21.8 Å². The van der Waals surface area contributed by atoms with Gasteiger partial charge in [0.05, 0.1) is 4.92 Å². The van der Waals surface area contributed by atoms with Crippen molar-refractivity contribution in [2.75, 3.05) is 19.8 Å². The van der Waals surface area contributed by atoms with Gasteiger partial charge < -0.3 is 10.1 Å². The van der Waals surface area contributed by atoms with E-state index in [1.54, 1.807) is 0 Å². The van der Waals surface area contributed by atoms with E-state index in [0.717, 1.165) is 12.1 Å². The standard InChI is InChI=1S/C14H19FN2O4/c1-10(2)9-21-7-3-6-16-14(18)11-4-5-13(17(19)20)12(15)8-11/h4-5,8,10H,3,6-7,9H2,1-2H3,(H,16,18).